The third-order valence-electron chi connectivity index (χ3n) is 6.28. The Balaban J connectivity index is 1.35. The molecule has 0 aromatic heterocycles. The maximum atomic E-state index is 13.1. The van der Waals surface area contributed by atoms with Crippen LogP contribution in [0.3, 0.4) is 0 Å². The number of hydrogen-bond donors (Lipinski definition) is 2. The maximum Gasteiger partial charge on any atom is 0.262 e. The van der Waals surface area contributed by atoms with Crippen molar-refractivity contribution in [3.05, 3.63) is 129 Å². The van der Waals surface area contributed by atoms with Crippen LogP contribution in [0.2, 0.25) is 10.0 Å². The van der Waals surface area contributed by atoms with Crippen LogP contribution in [0.1, 0.15) is 29.2 Å². The van der Waals surface area contributed by atoms with E-state index in [0.29, 0.717) is 17.4 Å². The van der Waals surface area contributed by atoms with E-state index >= 15 is 0 Å². The molecule has 0 radical (unpaired) electrons. The van der Waals surface area contributed by atoms with Crippen molar-refractivity contribution in [3.8, 4) is 11.5 Å². The van der Waals surface area contributed by atoms with Crippen LogP contribution in [-0.2, 0) is 22.6 Å². The first-order chi connectivity index (χ1) is 20.3. The van der Waals surface area contributed by atoms with E-state index in [1.807, 2.05) is 85.8 Å². The first kappa shape index (κ1) is 30.6. The van der Waals surface area contributed by atoms with Gasteiger partial charge in [-0.1, -0.05) is 83.4 Å². The number of carbonyl (C=O) groups excluding carboxylic acids is 2. The Hall–Kier alpha value is -4.33. The molecule has 0 saturated heterocycles. The number of aryl methyl sites for hydroxylation is 1. The van der Waals surface area contributed by atoms with Gasteiger partial charge in [-0.25, -0.2) is 5.43 Å². The molecule has 42 heavy (non-hydrogen) atoms. The summed E-state index contributed by atoms with van der Waals surface area (Å²) in [6, 6.07) is 28.7. The zero-order chi connectivity index (χ0) is 29.9. The summed E-state index contributed by atoms with van der Waals surface area (Å²) in [5, 5.41) is 7.59. The summed E-state index contributed by atoms with van der Waals surface area (Å²) in [4.78, 5) is 26.1. The average Bonchev–Trinajstić information content (AvgIpc) is 2.99. The van der Waals surface area contributed by atoms with E-state index < -0.39 is 24.0 Å². The van der Waals surface area contributed by atoms with Gasteiger partial charge in [0.2, 0.25) is 0 Å². The van der Waals surface area contributed by atoms with E-state index in [4.69, 9.17) is 32.7 Å². The van der Waals surface area contributed by atoms with Crippen LogP contribution < -0.4 is 20.2 Å². The third kappa shape index (κ3) is 9.36. The number of hydrazone groups is 1. The Labute approximate surface area is 255 Å². The lowest BCUT2D eigenvalue weighted by Gasteiger charge is -2.21. The number of carbonyl (C=O) groups is 2. The number of nitrogens with zero attached hydrogens (tertiary/aromatic N) is 1. The number of nitrogens with one attached hydrogen (secondary N) is 2. The smallest absolute Gasteiger partial charge is 0.262 e. The molecule has 2 amide bonds. The van der Waals surface area contributed by atoms with Crippen LogP contribution in [0, 0.1) is 6.92 Å². The van der Waals surface area contributed by atoms with Crippen molar-refractivity contribution in [1.29, 1.82) is 0 Å². The minimum absolute atomic E-state index is 0.259. The first-order valence-electron chi connectivity index (χ1n) is 13.3. The topological polar surface area (TPSA) is 89.0 Å². The fourth-order valence-electron chi connectivity index (χ4n) is 3.91. The average molecular weight is 605 g/mol. The molecule has 4 aromatic rings. The van der Waals surface area contributed by atoms with Crippen LogP contribution >= 0.6 is 23.2 Å². The van der Waals surface area contributed by atoms with Crippen molar-refractivity contribution >= 4 is 41.2 Å². The highest BCUT2D eigenvalue weighted by Gasteiger charge is 2.25. The highest BCUT2D eigenvalue weighted by molar-refractivity contribution is 6.35. The van der Waals surface area contributed by atoms with Crippen molar-refractivity contribution in [2.24, 2.45) is 5.10 Å². The van der Waals surface area contributed by atoms with Gasteiger partial charge in [-0.05, 0) is 73.0 Å². The van der Waals surface area contributed by atoms with Gasteiger partial charge in [0.15, 0.2) is 6.10 Å². The van der Waals surface area contributed by atoms with Crippen LogP contribution in [0.25, 0.3) is 0 Å². The monoisotopic (exact) mass is 603 g/mol. The Morgan fingerprint density at radius 1 is 0.881 bits per heavy atom. The molecule has 7 nitrogen and oxygen atoms in total. The van der Waals surface area contributed by atoms with Gasteiger partial charge >= 0.3 is 0 Å². The number of hydrogen-bond acceptors (Lipinski definition) is 5. The summed E-state index contributed by atoms with van der Waals surface area (Å²) < 4.78 is 11.6. The fourth-order valence-corrected chi connectivity index (χ4v) is 4.37. The van der Waals surface area contributed by atoms with E-state index in [1.165, 1.54) is 17.8 Å². The quantitative estimate of drug-likeness (QED) is 0.142. The van der Waals surface area contributed by atoms with Crippen LogP contribution in [0.15, 0.2) is 102 Å². The van der Waals surface area contributed by atoms with Crippen molar-refractivity contribution in [1.82, 2.24) is 10.7 Å². The molecular weight excluding hydrogens is 573 g/mol. The molecule has 4 aromatic carbocycles. The number of halogens is 2. The number of amides is 2. The fraction of sp³-hybridized carbons (Fsp3) is 0.182. The number of benzene rings is 4. The van der Waals surface area contributed by atoms with E-state index in [2.05, 4.69) is 15.8 Å². The maximum absolute atomic E-state index is 13.1. The Morgan fingerprint density at radius 2 is 1.60 bits per heavy atom. The van der Waals surface area contributed by atoms with Gasteiger partial charge in [-0.3, -0.25) is 9.59 Å². The highest BCUT2D eigenvalue weighted by Crippen LogP contribution is 2.28. The summed E-state index contributed by atoms with van der Waals surface area (Å²) in [6.45, 7) is 4.09. The second kappa shape index (κ2) is 15.1. The lowest BCUT2D eigenvalue weighted by Crippen LogP contribution is -2.50. The van der Waals surface area contributed by atoms with Gasteiger partial charge < -0.3 is 14.8 Å². The predicted molar refractivity (Wildman–Crippen MR) is 166 cm³/mol. The molecule has 0 spiro atoms. The Kier molecular flexibility index (Phi) is 11.0. The largest absolute Gasteiger partial charge is 0.489 e. The molecule has 0 heterocycles. The molecular formula is C33H31Cl2N3O4. The molecule has 0 aliphatic carbocycles. The molecule has 0 saturated carbocycles. The van der Waals surface area contributed by atoms with E-state index in [-0.39, 0.29) is 11.4 Å². The second-order valence-electron chi connectivity index (χ2n) is 9.66. The molecule has 2 N–H and O–H groups in total. The summed E-state index contributed by atoms with van der Waals surface area (Å²) in [5.74, 6) is 0.0723. The van der Waals surface area contributed by atoms with Gasteiger partial charge in [0.05, 0.1) is 11.2 Å². The Bertz CT molecular complexity index is 1510. The Morgan fingerprint density at radius 3 is 2.29 bits per heavy atom. The van der Waals surface area contributed by atoms with Crippen molar-refractivity contribution < 1.29 is 19.1 Å². The zero-order valence-electron chi connectivity index (χ0n) is 23.2. The SMILES string of the molecule is Cc1ccc(COc2ccc(/C=N\NC(=O)[C@@H](Cc3ccccc3)NC(=O)[C@H](C)Oc3ccc(Cl)cc3Cl)cc2)cc1. The van der Waals surface area contributed by atoms with Crippen molar-refractivity contribution in [3.63, 3.8) is 0 Å². The minimum Gasteiger partial charge on any atom is -0.489 e. The van der Waals surface area contributed by atoms with Crippen molar-refractivity contribution in [2.45, 2.75) is 39.0 Å². The minimum atomic E-state index is -0.926. The number of rotatable bonds is 12. The van der Waals surface area contributed by atoms with E-state index in [1.54, 1.807) is 19.1 Å². The molecule has 0 aliphatic rings. The van der Waals surface area contributed by atoms with Gasteiger partial charge in [-0.2, -0.15) is 5.10 Å². The molecule has 2 atom stereocenters. The summed E-state index contributed by atoms with van der Waals surface area (Å²) in [6.07, 6.45) is 0.858. The first-order valence-corrected chi connectivity index (χ1v) is 14.1. The lowest BCUT2D eigenvalue weighted by molar-refractivity contribution is -0.132. The second-order valence-corrected chi connectivity index (χ2v) is 10.5. The number of ether oxygens (including phenoxy) is 2. The van der Waals surface area contributed by atoms with E-state index in [9.17, 15) is 9.59 Å². The van der Waals surface area contributed by atoms with Gasteiger partial charge in [0.1, 0.15) is 24.1 Å². The molecule has 0 unspecified atom stereocenters. The van der Waals surface area contributed by atoms with Crippen LogP contribution in [-0.4, -0.2) is 30.2 Å². The molecule has 0 fully saturated rings. The molecule has 216 valence electrons. The molecule has 0 bridgehead atoms. The zero-order valence-corrected chi connectivity index (χ0v) is 24.7. The molecule has 0 aliphatic heterocycles. The van der Waals surface area contributed by atoms with Gasteiger partial charge in [0.25, 0.3) is 11.8 Å². The summed E-state index contributed by atoms with van der Waals surface area (Å²) >= 11 is 12.1. The standard InChI is InChI=1S/C33H31Cl2N3O4/c1-22-8-10-26(11-9-22)21-41-28-15-12-25(13-16-28)20-36-38-33(40)30(18-24-6-4-3-5-7-24)37-32(39)23(2)42-31-17-14-27(34)19-29(31)35/h3-17,19-20,23,30H,18,21H2,1-2H3,(H,37,39)(H,38,40)/b36-20-/t23-,30+/m0/s1. The summed E-state index contributed by atoms with van der Waals surface area (Å²) in [5.41, 5.74) is 6.46. The third-order valence-corrected chi connectivity index (χ3v) is 6.81. The lowest BCUT2D eigenvalue weighted by atomic mass is 10.1. The van der Waals surface area contributed by atoms with Gasteiger partial charge in [0, 0.05) is 11.4 Å². The van der Waals surface area contributed by atoms with Crippen molar-refractivity contribution in [2.75, 3.05) is 0 Å². The summed E-state index contributed by atoms with van der Waals surface area (Å²) in [7, 11) is 0. The molecule has 9 heteroatoms. The van der Waals surface area contributed by atoms with Gasteiger partial charge in [-0.15, -0.1) is 0 Å². The van der Waals surface area contributed by atoms with Crippen LogP contribution in [0.5, 0.6) is 11.5 Å². The highest BCUT2D eigenvalue weighted by atomic mass is 35.5. The van der Waals surface area contributed by atoms with E-state index in [0.717, 1.165) is 22.4 Å². The normalized spacial score (nSPS) is 12.4. The molecule has 4 rings (SSSR count). The predicted octanol–water partition coefficient (Wildman–Crippen LogP) is 6.53. The van der Waals surface area contributed by atoms with Crippen LogP contribution in [0.4, 0.5) is 0 Å².